The van der Waals surface area contributed by atoms with Crippen molar-refractivity contribution >= 4 is 17.0 Å². The molecule has 2 aliphatic rings. The highest BCUT2D eigenvalue weighted by Gasteiger charge is 2.41. The Bertz CT molecular complexity index is 1020. The van der Waals surface area contributed by atoms with Crippen LogP contribution in [0.15, 0.2) is 65.1 Å². The summed E-state index contributed by atoms with van der Waals surface area (Å²) in [5.74, 6) is 1.79. The van der Waals surface area contributed by atoms with Gasteiger partial charge < -0.3 is 14.6 Å². The summed E-state index contributed by atoms with van der Waals surface area (Å²) in [6.45, 7) is 0. The third-order valence-corrected chi connectivity index (χ3v) is 5.90. The molecule has 0 fully saturated rings. The Balaban J connectivity index is 1.60. The number of hydrogen-bond acceptors (Lipinski definition) is 6. The standard InChI is InChI=1S/C21H18N2O3S/c1-25-13-8-9-18(24)15(11-13)16-12-17-14-5-2-3-6-19(14)26-21(23(17)22-16)20-7-4-10-27-20/h2-11,17,21,24H,12H2,1H3/t17-,21-/m0/s1. The van der Waals surface area contributed by atoms with E-state index in [1.165, 1.54) is 0 Å². The van der Waals surface area contributed by atoms with Gasteiger partial charge in [-0.15, -0.1) is 11.3 Å². The fraction of sp³-hybridized carbons (Fsp3) is 0.190. The van der Waals surface area contributed by atoms with Gasteiger partial charge in [-0.3, -0.25) is 0 Å². The highest BCUT2D eigenvalue weighted by molar-refractivity contribution is 7.10. The van der Waals surface area contributed by atoms with Gasteiger partial charge in [-0.25, -0.2) is 5.01 Å². The molecule has 0 unspecified atom stereocenters. The number of hydrazone groups is 1. The topological polar surface area (TPSA) is 54.3 Å². The maximum atomic E-state index is 10.4. The lowest BCUT2D eigenvalue weighted by atomic mass is 9.96. The molecular weight excluding hydrogens is 360 g/mol. The number of nitrogens with zero attached hydrogens (tertiary/aromatic N) is 2. The third-order valence-electron chi connectivity index (χ3n) is 5.00. The molecule has 0 spiro atoms. The molecule has 27 heavy (non-hydrogen) atoms. The Morgan fingerprint density at radius 1 is 1.19 bits per heavy atom. The van der Waals surface area contributed by atoms with Crippen LogP contribution in [0.5, 0.6) is 17.2 Å². The van der Waals surface area contributed by atoms with E-state index in [9.17, 15) is 5.11 Å². The van der Waals surface area contributed by atoms with Gasteiger partial charge in [0, 0.05) is 17.5 Å². The molecule has 0 saturated carbocycles. The van der Waals surface area contributed by atoms with Gasteiger partial charge in [-0.2, -0.15) is 5.10 Å². The number of fused-ring (bicyclic) bond motifs is 3. The second kappa shape index (κ2) is 6.32. The van der Waals surface area contributed by atoms with Crippen molar-refractivity contribution in [3.63, 3.8) is 0 Å². The quantitative estimate of drug-likeness (QED) is 0.717. The van der Waals surface area contributed by atoms with Gasteiger partial charge in [-0.1, -0.05) is 24.3 Å². The van der Waals surface area contributed by atoms with Crippen molar-refractivity contribution in [1.82, 2.24) is 5.01 Å². The van der Waals surface area contributed by atoms with Crippen molar-refractivity contribution in [3.8, 4) is 17.2 Å². The molecule has 1 aromatic heterocycles. The van der Waals surface area contributed by atoms with E-state index in [4.69, 9.17) is 14.6 Å². The van der Waals surface area contributed by atoms with Crippen LogP contribution in [0.1, 0.15) is 34.7 Å². The van der Waals surface area contributed by atoms with Crippen LogP contribution in [-0.2, 0) is 0 Å². The summed E-state index contributed by atoms with van der Waals surface area (Å²) in [5, 5.41) is 19.3. The van der Waals surface area contributed by atoms with E-state index < -0.39 is 0 Å². The van der Waals surface area contributed by atoms with Crippen molar-refractivity contribution in [2.75, 3.05) is 7.11 Å². The molecule has 0 aliphatic carbocycles. The number of phenolic OH excluding ortho intramolecular Hbond substituents is 1. The zero-order valence-electron chi connectivity index (χ0n) is 14.7. The largest absolute Gasteiger partial charge is 0.507 e. The van der Waals surface area contributed by atoms with E-state index in [0.29, 0.717) is 17.7 Å². The SMILES string of the molecule is COc1ccc(O)c(C2=NN3[C@@H](C2)c2ccccc2O[C@H]3c2cccs2)c1. The van der Waals surface area contributed by atoms with E-state index >= 15 is 0 Å². The molecular formula is C21H18N2O3S. The van der Waals surface area contributed by atoms with Gasteiger partial charge in [-0.05, 0) is 35.7 Å². The molecule has 0 radical (unpaired) electrons. The van der Waals surface area contributed by atoms with Gasteiger partial charge in [0.05, 0.1) is 23.7 Å². The number of para-hydroxylation sites is 1. The van der Waals surface area contributed by atoms with E-state index in [-0.39, 0.29) is 18.0 Å². The summed E-state index contributed by atoms with van der Waals surface area (Å²) in [6, 6.07) is 17.5. The van der Waals surface area contributed by atoms with Crippen molar-refractivity contribution in [2.45, 2.75) is 18.7 Å². The highest BCUT2D eigenvalue weighted by atomic mass is 32.1. The molecule has 1 N–H and O–H groups in total. The van der Waals surface area contributed by atoms with Crippen molar-refractivity contribution in [2.24, 2.45) is 5.10 Å². The third kappa shape index (κ3) is 2.64. The average molecular weight is 378 g/mol. The molecule has 2 aromatic carbocycles. The van der Waals surface area contributed by atoms with E-state index in [1.54, 1.807) is 30.6 Å². The van der Waals surface area contributed by atoms with Gasteiger partial charge in [0.15, 0.2) is 0 Å². The molecule has 5 rings (SSSR count). The molecule has 0 saturated heterocycles. The van der Waals surface area contributed by atoms with Crippen LogP contribution in [0, 0.1) is 0 Å². The summed E-state index contributed by atoms with van der Waals surface area (Å²) in [4.78, 5) is 1.11. The Labute approximate surface area is 161 Å². The Hall–Kier alpha value is -2.99. The number of benzene rings is 2. The van der Waals surface area contributed by atoms with Crippen LogP contribution >= 0.6 is 11.3 Å². The van der Waals surface area contributed by atoms with E-state index in [2.05, 4.69) is 12.1 Å². The number of hydrogen-bond donors (Lipinski definition) is 1. The summed E-state index contributed by atoms with van der Waals surface area (Å²) in [6.07, 6.45) is 0.429. The fourth-order valence-electron chi connectivity index (χ4n) is 3.69. The van der Waals surface area contributed by atoms with Crippen LogP contribution in [0.25, 0.3) is 0 Å². The predicted octanol–water partition coefficient (Wildman–Crippen LogP) is 4.70. The van der Waals surface area contributed by atoms with Gasteiger partial charge in [0.25, 0.3) is 0 Å². The number of phenols is 1. The molecule has 0 amide bonds. The minimum absolute atomic E-state index is 0.0719. The van der Waals surface area contributed by atoms with Crippen LogP contribution in [0.4, 0.5) is 0 Å². The molecule has 3 aromatic rings. The zero-order chi connectivity index (χ0) is 18.4. The second-order valence-corrected chi connectivity index (χ2v) is 7.53. The molecule has 2 atom stereocenters. The number of rotatable bonds is 3. The number of aromatic hydroxyl groups is 1. The second-order valence-electron chi connectivity index (χ2n) is 6.55. The lowest BCUT2D eigenvalue weighted by Gasteiger charge is -2.37. The monoisotopic (exact) mass is 378 g/mol. The lowest BCUT2D eigenvalue weighted by Crippen LogP contribution is -2.33. The molecule has 6 heteroatoms. The summed E-state index contributed by atoms with van der Waals surface area (Å²) in [5.41, 5.74) is 2.65. The van der Waals surface area contributed by atoms with Crippen LogP contribution in [0.3, 0.4) is 0 Å². The Morgan fingerprint density at radius 2 is 2.07 bits per heavy atom. The predicted molar refractivity (Wildman–Crippen MR) is 105 cm³/mol. The molecule has 0 bridgehead atoms. The maximum Gasteiger partial charge on any atom is 0.222 e. The van der Waals surface area contributed by atoms with Gasteiger partial charge in [0.1, 0.15) is 17.2 Å². The first-order valence-corrected chi connectivity index (χ1v) is 9.65. The van der Waals surface area contributed by atoms with Crippen LogP contribution in [0.2, 0.25) is 0 Å². The minimum Gasteiger partial charge on any atom is -0.507 e. The highest BCUT2D eigenvalue weighted by Crippen LogP contribution is 2.48. The Kier molecular flexibility index (Phi) is 3.79. The molecule has 3 heterocycles. The van der Waals surface area contributed by atoms with Gasteiger partial charge in [0.2, 0.25) is 6.23 Å². The normalized spacial score (nSPS) is 20.5. The van der Waals surface area contributed by atoms with Crippen LogP contribution in [-0.4, -0.2) is 22.9 Å². The maximum absolute atomic E-state index is 10.4. The molecule has 5 nitrogen and oxygen atoms in total. The molecule has 136 valence electrons. The van der Waals surface area contributed by atoms with Crippen molar-refractivity contribution in [1.29, 1.82) is 0 Å². The van der Waals surface area contributed by atoms with Crippen molar-refractivity contribution < 1.29 is 14.6 Å². The first-order valence-electron chi connectivity index (χ1n) is 8.77. The number of methoxy groups -OCH3 is 1. The fourth-order valence-corrected chi connectivity index (χ4v) is 4.43. The lowest BCUT2D eigenvalue weighted by molar-refractivity contribution is -0.0165. The van der Waals surface area contributed by atoms with Crippen LogP contribution < -0.4 is 9.47 Å². The average Bonchev–Trinajstić information content (AvgIpc) is 3.38. The Morgan fingerprint density at radius 3 is 2.89 bits per heavy atom. The number of thiophene rings is 1. The first kappa shape index (κ1) is 16.2. The zero-order valence-corrected chi connectivity index (χ0v) is 15.5. The van der Waals surface area contributed by atoms with E-state index in [0.717, 1.165) is 21.9 Å². The van der Waals surface area contributed by atoms with E-state index in [1.807, 2.05) is 40.7 Å². The van der Waals surface area contributed by atoms with Gasteiger partial charge >= 0.3 is 0 Å². The number of ether oxygens (including phenoxy) is 2. The summed E-state index contributed by atoms with van der Waals surface area (Å²) >= 11 is 1.65. The smallest absolute Gasteiger partial charge is 0.222 e. The molecule has 2 aliphatic heterocycles. The summed E-state index contributed by atoms with van der Waals surface area (Å²) in [7, 11) is 1.62. The minimum atomic E-state index is -0.268. The first-order chi connectivity index (χ1) is 13.2. The van der Waals surface area contributed by atoms with Crippen molar-refractivity contribution in [3.05, 3.63) is 76.0 Å². The summed E-state index contributed by atoms with van der Waals surface area (Å²) < 4.78 is 11.6.